The van der Waals surface area contributed by atoms with Crippen LogP contribution in [0.15, 0.2) is 48.5 Å². The molecule has 2 aromatic rings. The quantitative estimate of drug-likeness (QED) is 0.573. The summed E-state index contributed by atoms with van der Waals surface area (Å²) in [5, 5.41) is 10.9. The summed E-state index contributed by atoms with van der Waals surface area (Å²) in [6, 6.07) is 15.2. The number of amides is 2. The Bertz CT molecular complexity index is 909. The standard InChI is InChI=1S/C22H26N4O3/c1-23(2)20-13-17-5-3-4-6-21(17)25(15-20)22(27)24(18-11-12-18)14-16-7-9-19(10-8-16)26(28)29/h3-10,18,20H,11-15H2,1-2H3/t20-/m1/s1. The molecule has 1 aliphatic heterocycles. The summed E-state index contributed by atoms with van der Waals surface area (Å²) >= 11 is 0. The molecule has 0 saturated heterocycles. The fraction of sp³-hybridized carbons (Fsp3) is 0.409. The Balaban J connectivity index is 1.59. The van der Waals surface area contributed by atoms with E-state index >= 15 is 0 Å². The van der Waals surface area contributed by atoms with Crippen LogP contribution in [0, 0.1) is 10.1 Å². The average Bonchev–Trinajstić information content (AvgIpc) is 3.56. The number of fused-ring (bicyclic) bond motifs is 1. The Morgan fingerprint density at radius 1 is 1.10 bits per heavy atom. The Hall–Kier alpha value is -2.93. The maximum Gasteiger partial charge on any atom is 0.325 e. The number of urea groups is 1. The van der Waals surface area contributed by atoms with Crippen LogP contribution in [0.1, 0.15) is 24.0 Å². The van der Waals surface area contributed by atoms with Crippen molar-refractivity contribution in [2.45, 2.75) is 37.9 Å². The minimum absolute atomic E-state index is 0.0184. The van der Waals surface area contributed by atoms with Crippen LogP contribution in [0.5, 0.6) is 0 Å². The number of non-ortho nitro benzene ring substituents is 1. The first kappa shape index (κ1) is 19.4. The molecule has 7 nitrogen and oxygen atoms in total. The van der Waals surface area contributed by atoms with Crippen molar-refractivity contribution in [1.29, 1.82) is 0 Å². The van der Waals surface area contributed by atoms with Crippen LogP contribution < -0.4 is 4.90 Å². The third-order valence-corrected chi connectivity index (χ3v) is 5.83. The number of rotatable bonds is 5. The molecule has 7 heteroatoms. The molecule has 1 heterocycles. The van der Waals surface area contributed by atoms with Crippen molar-refractivity contribution < 1.29 is 9.72 Å². The number of hydrogen-bond donors (Lipinski definition) is 0. The molecule has 152 valence electrons. The molecule has 2 amide bonds. The van der Waals surface area contributed by atoms with Crippen molar-refractivity contribution in [2.75, 3.05) is 25.5 Å². The summed E-state index contributed by atoms with van der Waals surface area (Å²) in [5.74, 6) is 0. The molecule has 0 spiro atoms. The van der Waals surface area contributed by atoms with Crippen molar-refractivity contribution in [3.05, 3.63) is 69.8 Å². The predicted molar refractivity (Wildman–Crippen MR) is 112 cm³/mol. The van der Waals surface area contributed by atoms with Crippen LogP contribution in [-0.2, 0) is 13.0 Å². The topological polar surface area (TPSA) is 69.9 Å². The van der Waals surface area contributed by atoms with Gasteiger partial charge in [-0.15, -0.1) is 0 Å². The zero-order chi connectivity index (χ0) is 20.5. The Morgan fingerprint density at radius 3 is 2.41 bits per heavy atom. The number of para-hydroxylation sites is 1. The van der Waals surface area contributed by atoms with Gasteiger partial charge in [0.25, 0.3) is 5.69 Å². The van der Waals surface area contributed by atoms with Crippen LogP contribution in [-0.4, -0.2) is 53.5 Å². The molecule has 1 aliphatic carbocycles. The van der Waals surface area contributed by atoms with Gasteiger partial charge in [0.15, 0.2) is 0 Å². The highest BCUT2D eigenvalue weighted by Crippen LogP contribution is 2.34. The molecule has 0 N–H and O–H groups in total. The van der Waals surface area contributed by atoms with Gasteiger partial charge >= 0.3 is 6.03 Å². The highest BCUT2D eigenvalue weighted by Gasteiger charge is 2.38. The van der Waals surface area contributed by atoms with E-state index in [1.807, 2.05) is 28.0 Å². The molecule has 1 atom stereocenters. The lowest BCUT2D eigenvalue weighted by atomic mass is 9.97. The van der Waals surface area contributed by atoms with Crippen LogP contribution in [0.3, 0.4) is 0 Å². The lowest BCUT2D eigenvalue weighted by Crippen LogP contribution is -2.52. The number of anilines is 1. The number of likely N-dealkylation sites (N-methyl/N-ethyl adjacent to an activating group) is 1. The van der Waals surface area contributed by atoms with E-state index in [0.717, 1.165) is 30.5 Å². The number of benzene rings is 2. The van der Waals surface area contributed by atoms with Gasteiger partial charge in [0, 0.05) is 43.0 Å². The molecule has 1 saturated carbocycles. The molecular weight excluding hydrogens is 368 g/mol. The number of nitrogens with zero attached hydrogens (tertiary/aromatic N) is 4. The Morgan fingerprint density at radius 2 is 1.79 bits per heavy atom. The SMILES string of the molecule is CN(C)[C@@H]1Cc2ccccc2N(C(=O)N(Cc2ccc([N+](=O)[O-])cc2)C2CC2)C1. The molecule has 4 rings (SSSR count). The first-order chi connectivity index (χ1) is 13.9. The fourth-order valence-electron chi connectivity index (χ4n) is 3.92. The van der Waals surface area contributed by atoms with Gasteiger partial charge in [0.05, 0.1) is 4.92 Å². The van der Waals surface area contributed by atoms with Gasteiger partial charge in [-0.1, -0.05) is 30.3 Å². The number of nitro benzene ring substituents is 1. The number of nitro groups is 1. The highest BCUT2D eigenvalue weighted by atomic mass is 16.6. The van der Waals surface area contributed by atoms with E-state index in [1.54, 1.807) is 12.1 Å². The third kappa shape index (κ3) is 4.10. The highest BCUT2D eigenvalue weighted by molar-refractivity contribution is 5.94. The maximum absolute atomic E-state index is 13.6. The maximum atomic E-state index is 13.6. The lowest BCUT2D eigenvalue weighted by Gasteiger charge is -2.40. The fourth-order valence-corrected chi connectivity index (χ4v) is 3.92. The largest absolute Gasteiger partial charge is 0.325 e. The molecule has 0 bridgehead atoms. The summed E-state index contributed by atoms with van der Waals surface area (Å²) in [7, 11) is 4.10. The molecule has 2 aromatic carbocycles. The smallest absolute Gasteiger partial charge is 0.317 e. The monoisotopic (exact) mass is 394 g/mol. The number of hydrogen-bond acceptors (Lipinski definition) is 4. The van der Waals surface area contributed by atoms with Crippen LogP contribution in [0.4, 0.5) is 16.2 Å². The predicted octanol–water partition coefficient (Wildman–Crippen LogP) is 3.67. The second kappa shape index (κ2) is 7.83. The minimum atomic E-state index is -0.403. The Labute approximate surface area is 170 Å². The average molecular weight is 394 g/mol. The van der Waals surface area contributed by atoms with Crippen LogP contribution in [0.25, 0.3) is 0 Å². The van der Waals surface area contributed by atoms with Gasteiger partial charge < -0.3 is 9.80 Å². The van der Waals surface area contributed by atoms with Gasteiger partial charge in [-0.2, -0.15) is 0 Å². The van der Waals surface area contributed by atoms with Crippen molar-refractivity contribution in [3.63, 3.8) is 0 Å². The molecule has 0 unspecified atom stereocenters. The second-order valence-corrected chi connectivity index (χ2v) is 8.13. The number of carbonyl (C=O) groups excluding carboxylic acids is 1. The van der Waals surface area contributed by atoms with E-state index in [1.165, 1.54) is 17.7 Å². The van der Waals surface area contributed by atoms with Crippen molar-refractivity contribution in [2.24, 2.45) is 0 Å². The van der Waals surface area contributed by atoms with E-state index in [9.17, 15) is 14.9 Å². The first-order valence-electron chi connectivity index (χ1n) is 10.00. The van der Waals surface area contributed by atoms with Gasteiger partial charge in [-0.05, 0) is 50.6 Å². The van der Waals surface area contributed by atoms with E-state index in [0.29, 0.717) is 13.1 Å². The van der Waals surface area contributed by atoms with E-state index in [2.05, 4.69) is 25.1 Å². The molecule has 1 fully saturated rings. The summed E-state index contributed by atoms with van der Waals surface area (Å²) < 4.78 is 0. The first-order valence-corrected chi connectivity index (χ1v) is 10.00. The zero-order valence-electron chi connectivity index (χ0n) is 16.8. The minimum Gasteiger partial charge on any atom is -0.317 e. The summed E-state index contributed by atoms with van der Waals surface area (Å²) in [6.07, 6.45) is 2.94. The lowest BCUT2D eigenvalue weighted by molar-refractivity contribution is -0.384. The third-order valence-electron chi connectivity index (χ3n) is 5.83. The molecular formula is C22H26N4O3. The normalized spacial score (nSPS) is 18.4. The van der Waals surface area contributed by atoms with Crippen molar-refractivity contribution >= 4 is 17.4 Å². The van der Waals surface area contributed by atoms with Crippen molar-refractivity contribution in [3.8, 4) is 0 Å². The van der Waals surface area contributed by atoms with Gasteiger partial charge in [-0.3, -0.25) is 15.0 Å². The molecule has 29 heavy (non-hydrogen) atoms. The van der Waals surface area contributed by atoms with E-state index in [-0.39, 0.29) is 23.8 Å². The van der Waals surface area contributed by atoms with E-state index in [4.69, 9.17) is 0 Å². The van der Waals surface area contributed by atoms with Gasteiger partial charge in [0.2, 0.25) is 0 Å². The molecule has 2 aliphatic rings. The molecule has 0 radical (unpaired) electrons. The number of carbonyl (C=O) groups is 1. The van der Waals surface area contributed by atoms with Crippen molar-refractivity contribution in [1.82, 2.24) is 9.80 Å². The summed E-state index contributed by atoms with van der Waals surface area (Å²) in [5.41, 5.74) is 3.16. The molecule has 0 aromatic heterocycles. The van der Waals surface area contributed by atoms with Gasteiger partial charge in [0.1, 0.15) is 0 Å². The zero-order valence-corrected chi connectivity index (χ0v) is 16.8. The van der Waals surface area contributed by atoms with Gasteiger partial charge in [-0.25, -0.2) is 4.79 Å². The summed E-state index contributed by atoms with van der Waals surface area (Å²) in [6.45, 7) is 1.12. The van der Waals surface area contributed by atoms with Crippen LogP contribution >= 0.6 is 0 Å². The van der Waals surface area contributed by atoms with E-state index < -0.39 is 4.92 Å². The summed E-state index contributed by atoms with van der Waals surface area (Å²) in [4.78, 5) is 30.1. The van der Waals surface area contributed by atoms with Crippen LogP contribution in [0.2, 0.25) is 0 Å². The second-order valence-electron chi connectivity index (χ2n) is 8.13. The Kier molecular flexibility index (Phi) is 5.24.